The fraction of sp³-hybridized carbons (Fsp3) is 0.250. The van der Waals surface area contributed by atoms with E-state index in [1.54, 1.807) is 25.5 Å². The second kappa shape index (κ2) is 5.31. The summed E-state index contributed by atoms with van der Waals surface area (Å²) < 4.78 is 5.18. The third-order valence-electron chi connectivity index (χ3n) is 2.55. The average Bonchev–Trinajstić information content (AvgIpc) is 2.81. The Morgan fingerprint density at radius 1 is 1.50 bits per heavy atom. The lowest BCUT2D eigenvalue weighted by Gasteiger charge is -2.06. The maximum absolute atomic E-state index is 10.9. The summed E-state index contributed by atoms with van der Waals surface area (Å²) in [5.41, 5.74) is 0.618. The standard InChI is InChI=1S/C12H13N3O3/c1-9-4-6-13-12(11(9)15(16)17)14-7-5-10-3-2-8-18-10/h2-4,6,8H,5,7H2,1H3,(H,13,14). The summed E-state index contributed by atoms with van der Waals surface area (Å²) in [4.78, 5) is 14.5. The van der Waals surface area contributed by atoms with Gasteiger partial charge in [0, 0.05) is 24.7 Å². The molecule has 6 heteroatoms. The fourth-order valence-corrected chi connectivity index (χ4v) is 1.67. The molecule has 0 unspecified atom stereocenters. The molecular formula is C12H13N3O3. The number of aromatic nitrogens is 1. The smallest absolute Gasteiger partial charge is 0.314 e. The third kappa shape index (κ3) is 2.65. The molecule has 2 aromatic rings. The van der Waals surface area contributed by atoms with Gasteiger partial charge in [0.2, 0.25) is 5.82 Å². The van der Waals surface area contributed by atoms with Gasteiger partial charge in [0.05, 0.1) is 11.2 Å². The molecular weight excluding hydrogens is 234 g/mol. The monoisotopic (exact) mass is 247 g/mol. The predicted octanol–water partition coefficient (Wildman–Crippen LogP) is 2.55. The Labute approximate surface area is 104 Å². The molecule has 6 nitrogen and oxygen atoms in total. The van der Waals surface area contributed by atoms with Crippen LogP contribution in [0.4, 0.5) is 11.5 Å². The minimum absolute atomic E-state index is 0.0249. The van der Waals surface area contributed by atoms with Gasteiger partial charge in [-0.15, -0.1) is 0 Å². The second-order valence-corrected chi connectivity index (χ2v) is 3.84. The van der Waals surface area contributed by atoms with Gasteiger partial charge >= 0.3 is 5.69 Å². The van der Waals surface area contributed by atoms with Crippen LogP contribution in [0, 0.1) is 17.0 Å². The average molecular weight is 247 g/mol. The van der Waals surface area contributed by atoms with Gasteiger partial charge in [-0.2, -0.15) is 0 Å². The molecule has 0 saturated heterocycles. The highest BCUT2D eigenvalue weighted by molar-refractivity contribution is 5.59. The molecule has 0 bridgehead atoms. The molecule has 0 spiro atoms. The zero-order chi connectivity index (χ0) is 13.0. The number of furan rings is 1. The van der Waals surface area contributed by atoms with Gasteiger partial charge in [0.1, 0.15) is 5.76 Å². The molecule has 0 aromatic carbocycles. The Hall–Kier alpha value is -2.37. The molecule has 0 aliphatic heterocycles. The number of anilines is 1. The maximum atomic E-state index is 10.9. The summed E-state index contributed by atoms with van der Waals surface area (Å²) in [6.45, 7) is 2.22. The van der Waals surface area contributed by atoms with Crippen molar-refractivity contribution < 1.29 is 9.34 Å². The van der Waals surface area contributed by atoms with E-state index in [2.05, 4.69) is 10.3 Å². The van der Waals surface area contributed by atoms with Crippen LogP contribution in [0.5, 0.6) is 0 Å². The lowest BCUT2D eigenvalue weighted by Crippen LogP contribution is -2.08. The highest BCUT2D eigenvalue weighted by atomic mass is 16.6. The highest BCUT2D eigenvalue weighted by Gasteiger charge is 2.17. The first-order chi connectivity index (χ1) is 8.68. The third-order valence-corrected chi connectivity index (χ3v) is 2.55. The van der Waals surface area contributed by atoms with Crippen LogP contribution in [0.2, 0.25) is 0 Å². The van der Waals surface area contributed by atoms with Gasteiger partial charge < -0.3 is 9.73 Å². The summed E-state index contributed by atoms with van der Waals surface area (Å²) in [5, 5.41) is 13.9. The van der Waals surface area contributed by atoms with E-state index in [1.165, 1.54) is 0 Å². The van der Waals surface area contributed by atoms with Crippen LogP contribution in [0.25, 0.3) is 0 Å². The zero-order valence-electron chi connectivity index (χ0n) is 9.92. The molecule has 1 N–H and O–H groups in total. The van der Waals surface area contributed by atoms with E-state index in [1.807, 2.05) is 12.1 Å². The van der Waals surface area contributed by atoms with Crippen LogP contribution in [0.15, 0.2) is 35.1 Å². The molecule has 2 heterocycles. The van der Waals surface area contributed by atoms with Crippen LogP contribution < -0.4 is 5.32 Å². The topological polar surface area (TPSA) is 81.2 Å². The van der Waals surface area contributed by atoms with Crippen LogP contribution in [-0.2, 0) is 6.42 Å². The van der Waals surface area contributed by atoms with Crippen LogP contribution in [-0.4, -0.2) is 16.5 Å². The molecule has 0 fully saturated rings. The van der Waals surface area contributed by atoms with Gasteiger partial charge in [-0.25, -0.2) is 4.98 Å². The Bertz CT molecular complexity index is 538. The molecule has 0 radical (unpaired) electrons. The minimum atomic E-state index is -0.419. The lowest BCUT2D eigenvalue weighted by atomic mass is 10.2. The number of nitrogens with zero attached hydrogens (tertiary/aromatic N) is 2. The van der Waals surface area contributed by atoms with Crippen LogP contribution in [0.1, 0.15) is 11.3 Å². The summed E-state index contributed by atoms with van der Waals surface area (Å²) in [5.74, 6) is 1.13. The lowest BCUT2D eigenvalue weighted by molar-refractivity contribution is -0.384. The first-order valence-corrected chi connectivity index (χ1v) is 5.54. The summed E-state index contributed by atoms with van der Waals surface area (Å²) >= 11 is 0. The minimum Gasteiger partial charge on any atom is -0.469 e. The number of hydrogen-bond acceptors (Lipinski definition) is 5. The van der Waals surface area contributed by atoms with Gasteiger partial charge in [-0.3, -0.25) is 10.1 Å². The van der Waals surface area contributed by atoms with Crippen molar-refractivity contribution >= 4 is 11.5 Å². The van der Waals surface area contributed by atoms with Crippen molar-refractivity contribution in [3.8, 4) is 0 Å². The van der Waals surface area contributed by atoms with E-state index in [-0.39, 0.29) is 5.69 Å². The zero-order valence-corrected chi connectivity index (χ0v) is 9.92. The molecule has 2 aromatic heterocycles. The molecule has 94 valence electrons. The summed E-state index contributed by atoms with van der Waals surface area (Å²) in [6, 6.07) is 5.29. The Morgan fingerprint density at radius 2 is 2.33 bits per heavy atom. The van der Waals surface area contributed by atoms with Crippen molar-refractivity contribution in [3.63, 3.8) is 0 Å². The quantitative estimate of drug-likeness (QED) is 0.648. The number of hydrogen-bond donors (Lipinski definition) is 1. The largest absolute Gasteiger partial charge is 0.469 e. The number of pyridine rings is 1. The molecule has 0 aliphatic rings. The molecule has 0 atom stereocenters. The Balaban J connectivity index is 2.05. The molecule has 0 aliphatic carbocycles. The first kappa shape index (κ1) is 12.1. The SMILES string of the molecule is Cc1ccnc(NCCc2ccco2)c1[N+](=O)[O-]. The number of nitro groups is 1. The van der Waals surface area contributed by atoms with Crippen molar-refractivity contribution in [2.45, 2.75) is 13.3 Å². The predicted molar refractivity (Wildman–Crippen MR) is 66.5 cm³/mol. The molecule has 2 rings (SSSR count). The van der Waals surface area contributed by atoms with E-state index in [4.69, 9.17) is 4.42 Å². The van der Waals surface area contributed by atoms with Gasteiger partial charge in [-0.1, -0.05) is 0 Å². The van der Waals surface area contributed by atoms with E-state index < -0.39 is 4.92 Å². The van der Waals surface area contributed by atoms with E-state index in [0.717, 1.165) is 5.76 Å². The molecule has 18 heavy (non-hydrogen) atoms. The number of rotatable bonds is 5. The number of nitrogens with one attached hydrogen (secondary N) is 1. The van der Waals surface area contributed by atoms with Crippen molar-refractivity contribution in [3.05, 3.63) is 52.1 Å². The van der Waals surface area contributed by atoms with Gasteiger partial charge in [0.25, 0.3) is 0 Å². The van der Waals surface area contributed by atoms with Gasteiger partial charge in [-0.05, 0) is 25.1 Å². The van der Waals surface area contributed by atoms with Crippen molar-refractivity contribution in [1.82, 2.24) is 4.98 Å². The van der Waals surface area contributed by atoms with Crippen molar-refractivity contribution in [2.24, 2.45) is 0 Å². The van der Waals surface area contributed by atoms with Crippen molar-refractivity contribution in [1.29, 1.82) is 0 Å². The van der Waals surface area contributed by atoms with Crippen molar-refractivity contribution in [2.75, 3.05) is 11.9 Å². The Morgan fingerprint density at radius 3 is 3.00 bits per heavy atom. The summed E-state index contributed by atoms with van der Waals surface area (Å²) in [7, 11) is 0. The first-order valence-electron chi connectivity index (χ1n) is 5.54. The Kier molecular flexibility index (Phi) is 3.57. The number of aryl methyl sites for hydroxylation is 1. The van der Waals surface area contributed by atoms with E-state index in [0.29, 0.717) is 24.3 Å². The normalized spacial score (nSPS) is 10.3. The van der Waals surface area contributed by atoms with Crippen LogP contribution in [0.3, 0.4) is 0 Å². The maximum Gasteiger partial charge on any atom is 0.314 e. The van der Waals surface area contributed by atoms with Gasteiger partial charge in [0.15, 0.2) is 0 Å². The van der Waals surface area contributed by atoms with E-state index in [9.17, 15) is 10.1 Å². The summed E-state index contributed by atoms with van der Waals surface area (Å²) in [6.07, 6.45) is 3.81. The molecule has 0 amide bonds. The van der Waals surface area contributed by atoms with E-state index >= 15 is 0 Å². The molecule has 0 saturated carbocycles. The fourth-order valence-electron chi connectivity index (χ4n) is 1.67. The van der Waals surface area contributed by atoms with Crippen LogP contribution >= 0.6 is 0 Å². The highest BCUT2D eigenvalue weighted by Crippen LogP contribution is 2.25. The second-order valence-electron chi connectivity index (χ2n) is 3.84.